The van der Waals surface area contributed by atoms with E-state index in [9.17, 15) is 0 Å². The second-order valence-electron chi connectivity index (χ2n) is 8.49. The first-order chi connectivity index (χ1) is 16.7. The molecule has 0 aliphatic heterocycles. The molecule has 3 aromatic carbocycles. The standard InChI is InChI=1S/C30H22N4/c1-19-13-14-23-15-16-24-25(17-20(2)32-29(24)28(23)31-19)30-33-26(21-9-5-3-6-10-21)18-27(34-30)22-11-7-4-8-12-22/h3-18H,1-2H3. The van der Waals surface area contributed by atoms with Crippen LogP contribution < -0.4 is 0 Å². The van der Waals surface area contributed by atoms with E-state index in [1.165, 1.54) is 0 Å². The minimum absolute atomic E-state index is 0.683. The molecule has 0 fully saturated rings. The normalized spacial score (nSPS) is 11.2. The summed E-state index contributed by atoms with van der Waals surface area (Å²) in [4.78, 5) is 19.7. The lowest BCUT2D eigenvalue weighted by Gasteiger charge is -2.12. The number of hydrogen-bond acceptors (Lipinski definition) is 4. The number of fused-ring (bicyclic) bond motifs is 3. The molecule has 0 spiro atoms. The Balaban J connectivity index is 1.66. The lowest BCUT2D eigenvalue weighted by atomic mass is 10.0. The Morgan fingerprint density at radius 2 is 1.09 bits per heavy atom. The second-order valence-corrected chi connectivity index (χ2v) is 8.49. The largest absolute Gasteiger partial charge is 0.251 e. The van der Waals surface area contributed by atoms with Gasteiger partial charge in [0.05, 0.1) is 22.4 Å². The van der Waals surface area contributed by atoms with Gasteiger partial charge in [-0.15, -0.1) is 0 Å². The van der Waals surface area contributed by atoms with Gasteiger partial charge < -0.3 is 0 Å². The van der Waals surface area contributed by atoms with Gasteiger partial charge in [-0.2, -0.15) is 0 Å². The minimum Gasteiger partial charge on any atom is -0.251 e. The molecule has 0 amide bonds. The van der Waals surface area contributed by atoms with Crippen molar-refractivity contribution in [1.82, 2.24) is 19.9 Å². The van der Waals surface area contributed by atoms with Gasteiger partial charge in [0, 0.05) is 38.9 Å². The van der Waals surface area contributed by atoms with Crippen LogP contribution in [0.15, 0.2) is 97.1 Å². The summed E-state index contributed by atoms with van der Waals surface area (Å²) >= 11 is 0. The fraction of sp³-hybridized carbons (Fsp3) is 0.0667. The van der Waals surface area contributed by atoms with Crippen molar-refractivity contribution >= 4 is 21.8 Å². The van der Waals surface area contributed by atoms with Crippen molar-refractivity contribution in [2.45, 2.75) is 13.8 Å². The summed E-state index contributed by atoms with van der Waals surface area (Å²) in [7, 11) is 0. The van der Waals surface area contributed by atoms with Crippen LogP contribution in [-0.4, -0.2) is 19.9 Å². The van der Waals surface area contributed by atoms with E-state index in [-0.39, 0.29) is 0 Å². The van der Waals surface area contributed by atoms with Gasteiger partial charge in [0.2, 0.25) is 0 Å². The first-order valence-corrected chi connectivity index (χ1v) is 11.3. The van der Waals surface area contributed by atoms with Crippen LogP contribution in [0.2, 0.25) is 0 Å². The van der Waals surface area contributed by atoms with Crippen LogP contribution in [0.25, 0.3) is 55.7 Å². The lowest BCUT2D eigenvalue weighted by Crippen LogP contribution is -1.98. The van der Waals surface area contributed by atoms with Crippen LogP contribution in [0.5, 0.6) is 0 Å². The summed E-state index contributed by atoms with van der Waals surface area (Å²) < 4.78 is 0. The SMILES string of the molecule is Cc1ccc2ccc3c(-c4nc(-c5ccccc5)cc(-c5ccccc5)n4)cc(C)nc3c2n1. The third-order valence-corrected chi connectivity index (χ3v) is 6.01. The van der Waals surface area contributed by atoms with Crippen LogP contribution in [0, 0.1) is 13.8 Å². The third-order valence-electron chi connectivity index (χ3n) is 6.01. The zero-order valence-electron chi connectivity index (χ0n) is 19.0. The summed E-state index contributed by atoms with van der Waals surface area (Å²) in [5.41, 5.74) is 8.52. The van der Waals surface area contributed by atoms with Crippen LogP contribution in [0.3, 0.4) is 0 Å². The van der Waals surface area contributed by atoms with E-state index in [1.54, 1.807) is 0 Å². The maximum atomic E-state index is 5.03. The number of aromatic nitrogens is 4. The van der Waals surface area contributed by atoms with E-state index < -0.39 is 0 Å². The average Bonchev–Trinajstić information content (AvgIpc) is 2.89. The Hall–Kier alpha value is -4.44. The van der Waals surface area contributed by atoms with Crippen molar-refractivity contribution in [2.24, 2.45) is 0 Å². The number of hydrogen-bond donors (Lipinski definition) is 0. The quantitative estimate of drug-likeness (QED) is 0.274. The molecule has 34 heavy (non-hydrogen) atoms. The third kappa shape index (κ3) is 3.59. The van der Waals surface area contributed by atoms with Crippen LogP contribution in [0.1, 0.15) is 11.4 Å². The maximum Gasteiger partial charge on any atom is 0.161 e. The van der Waals surface area contributed by atoms with Gasteiger partial charge in [0.15, 0.2) is 5.82 Å². The topological polar surface area (TPSA) is 51.6 Å². The zero-order valence-corrected chi connectivity index (χ0v) is 19.0. The maximum absolute atomic E-state index is 5.03. The van der Waals surface area contributed by atoms with E-state index in [0.29, 0.717) is 5.82 Å². The van der Waals surface area contributed by atoms with Gasteiger partial charge in [-0.1, -0.05) is 78.9 Å². The predicted octanol–water partition coefficient (Wildman–Crippen LogP) is 7.19. The van der Waals surface area contributed by atoms with Gasteiger partial charge >= 0.3 is 0 Å². The van der Waals surface area contributed by atoms with Crippen LogP contribution >= 0.6 is 0 Å². The summed E-state index contributed by atoms with van der Waals surface area (Å²) in [6.45, 7) is 4.02. The molecule has 0 bridgehead atoms. The molecule has 0 aliphatic carbocycles. The van der Waals surface area contributed by atoms with Crippen molar-refractivity contribution in [2.75, 3.05) is 0 Å². The Kier molecular flexibility index (Phi) is 4.84. The van der Waals surface area contributed by atoms with Crippen molar-refractivity contribution < 1.29 is 0 Å². The predicted molar refractivity (Wildman–Crippen MR) is 138 cm³/mol. The summed E-state index contributed by atoms with van der Waals surface area (Å²) in [5.74, 6) is 0.683. The zero-order chi connectivity index (χ0) is 23.1. The van der Waals surface area contributed by atoms with Crippen molar-refractivity contribution in [3.63, 3.8) is 0 Å². The van der Waals surface area contributed by atoms with Gasteiger partial charge in [0.25, 0.3) is 0 Å². The fourth-order valence-electron chi connectivity index (χ4n) is 4.36. The van der Waals surface area contributed by atoms with Crippen LogP contribution in [-0.2, 0) is 0 Å². The molecule has 0 unspecified atom stereocenters. The number of aryl methyl sites for hydroxylation is 2. The van der Waals surface area contributed by atoms with E-state index in [0.717, 1.165) is 61.3 Å². The van der Waals surface area contributed by atoms with Crippen molar-refractivity contribution in [3.8, 4) is 33.9 Å². The molecule has 4 heteroatoms. The molecule has 3 aromatic heterocycles. The number of benzene rings is 3. The number of pyridine rings is 2. The molecule has 0 saturated heterocycles. The molecule has 6 rings (SSSR count). The number of rotatable bonds is 3. The second kappa shape index (κ2) is 8.16. The highest BCUT2D eigenvalue weighted by Gasteiger charge is 2.15. The first-order valence-electron chi connectivity index (χ1n) is 11.3. The lowest BCUT2D eigenvalue weighted by molar-refractivity contribution is 1.17. The highest BCUT2D eigenvalue weighted by molar-refractivity contribution is 6.07. The molecule has 6 aromatic rings. The molecule has 3 heterocycles. The Morgan fingerprint density at radius 3 is 1.74 bits per heavy atom. The monoisotopic (exact) mass is 438 g/mol. The summed E-state index contributed by atoms with van der Waals surface area (Å²) in [5, 5.41) is 2.08. The molecular weight excluding hydrogens is 416 g/mol. The summed E-state index contributed by atoms with van der Waals surface area (Å²) in [6, 6.07) is 33.0. The van der Waals surface area contributed by atoms with Crippen molar-refractivity contribution in [3.05, 3.63) is 108 Å². The molecule has 0 saturated carbocycles. The Morgan fingerprint density at radius 1 is 0.500 bits per heavy atom. The minimum atomic E-state index is 0.683. The van der Waals surface area contributed by atoms with Gasteiger partial charge in [-0.3, -0.25) is 9.97 Å². The molecule has 4 nitrogen and oxygen atoms in total. The number of nitrogens with zero attached hydrogens (tertiary/aromatic N) is 4. The highest BCUT2D eigenvalue weighted by Crippen LogP contribution is 2.33. The molecular formula is C30H22N4. The fourth-order valence-corrected chi connectivity index (χ4v) is 4.36. The Labute approximate surface area is 198 Å². The van der Waals surface area contributed by atoms with E-state index in [1.807, 2.05) is 56.3 Å². The van der Waals surface area contributed by atoms with E-state index >= 15 is 0 Å². The smallest absolute Gasteiger partial charge is 0.161 e. The molecule has 0 radical (unpaired) electrons. The van der Waals surface area contributed by atoms with E-state index in [4.69, 9.17) is 19.9 Å². The van der Waals surface area contributed by atoms with Crippen molar-refractivity contribution in [1.29, 1.82) is 0 Å². The Bertz CT molecular complexity index is 1600. The first kappa shape index (κ1) is 20.2. The molecule has 0 aliphatic rings. The van der Waals surface area contributed by atoms with Gasteiger partial charge in [-0.05, 0) is 32.0 Å². The molecule has 0 N–H and O–H groups in total. The average molecular weight is 439 g/mol. The van der Waals surface area contributed by atoms with E-state index in [2.05, 4.69) is 54.6 Å². The molecule has 0 atom stereocenters. The van der Waals surface area contributed by atoms with Gasteiger partial charge in [0.1, 0.15) is 0 Å². The highest BCUT2D eigenvalue weighted by atomic mass is 14.9. The van der Waals surface area contributed by atoms with Gasteiger partial charge in [-0.25, -0.2) is 9.97 Å². The molecule has 162 valence electrons. The van der Waals surface area contributed by atoms with Crippen LogP contribution in [0.4, 0.5) is 0 Å². The summed E-state index contributed by atoms with van der Waals surface area (Å²) in [6.07, 6.45) is 0.